The molecule has 2 aromatic carbocycles. The first kappa shape index (κ1) is 17.2. The van der Waals surface area contributed by atoms with Crippen LogP contribution in [0.25, 0.3) is 0 Å². The van der Waals surface area contributed by atoms with E-state index >= 15 is 0 Å². The number of rotatable bonds is 5. The van der Waals surface area contributed by atoms with Crippen LogP contribution < -0.4 is 15.3 Å². The van der Waals surface area contributed by atoms with Gasteiger partial charge in [-0.2, -0.15) is 0 Å². The monoisotopic (exact) mass is 401 g/mol. The molecule has 0 saturated carbocycles. The van der Waals surface area contributed by atoms with Crippen molar-refractivity contribution in [3.63, 3.8) is 0 Å². The molecule has 0 saturated heterocycles. The second kappa shape index (κ2) is 7.94. The van der Waals surface area contributed by atoms with E-state index in [1.807, 2.05) is 37.3 Å². The second-order valence-electron chi connectivity index (χ2n) is 5.67. The fourth-order valence-corrected chi connectivity index (χ4v) is 2.64. The number of amides is 2. The first-order valence-corrected chi connectivity index (χ1v) is 8.65. The highest BCUT2D eigenvalue weighted by Crippen LogP contribution is 2.15. The van der Waals surface area contributed by atoms with Crippen molar-refractivity contribution >= 4 is 33.5 Å². The third-order valence-corrected chi connectivity index (χ3v) is 4.18. The highest BCUT2D eigenvalue weighted by atomic mass is 79.9. The van der Waals surface area contributed by atoms with Crippen molar-refractivity contribution in [2.24, 2.45) is 0 Å². The number of aromatic nitrogens is 2. The van der Waals surface area contributed by atoms with Crippen LogP contribution in [0.2, 0.25) is 0 Å². The van der Waals surface area contributed by atoms with Crippen LogP contribution in [0.1, 0.15) is 18.5 Å². The number of urea groups is 1. The van der Waals surface area contributed by atoms with E-state index in [-0.39, 0.29) is 18.0 Å². The van der Waals surface area contributed by atoms with Crippen LogP contribution in [-0.4, -0.2) is 11.3 Å². The molecule has 3 rings (SSSR count). The summed E-state index contributed by atoms with van der Waals surface area (Å²) in [6, 6.07) is 17.2. The molecule has 1 heterocycles. The molecule has 1 unspecified atom stereocenters. The van der Waals surface area contributed by atoms with Crippen molar-refractivity contribution < 1.29 is 14.0 Å². The van der Waals surface area contributed by atoms with Crippen LogP contribution in [0.4, 0.5) is 16.4 Å². The molecule has 0 aliphatic heterocycles. The minimum Gasteiger partial charge on any atom is -0.308 e. The van der Waals surface area contributed by atoms with E-state index in [1.165, 1.54) is 5.56 Å². The van der Waals surface area contributed by atoms with Gasteiger partial charge in [-0.05, 0) is 34.5 Å². The van der Waals surface area contributed by atoms with Crippen molar-refractivity contribution in [2.75, 3.05) is 10.6 Å². The standard InChI is InChI=1S/C18H17BrN4O2/c1-13(11-14-5-3-2-4-6-14)23-12-17(25-22-23)21-18(24)20-16-9-7-15(19)8-10-16/h2-10,12-13H,11H2,1H3,(H-,20,21,22,24)/p+1. The lowest BCUT2D eigenvalue weighted by atomic mass is 10.1. The molecule has 2 amide bonds. The Morgan fingerprint density at radius 2 is 1.88 bits per heavy atom. The van der Waals surface area contributed by atoms with Gasteiger partial charge >= 0.3 is 11.9 Å². The third-order valence-electron chi connectivity index (χ3n) is 3.65. The summed E-state index contributed by atoms with van der Waals surface area (Å²) in [4.78, 5) is 12.0. The van der Waals surface area contributed by atoms with E-state index in [2.05, 4.69) is 44.0 Å². The molecular formula is C18H18BrN4O2+. The normalized spacial score (nSPS) is 11.8. The van der Waals surface area contributed by atoms with Gasteiger partial charge in [0, 0.05) is 23.5 Å². The Hall–Kier alpha value is -2.67. The van der Waals surface area contributed by atoms with Crippen molar-refractivity contribution in [2.45, 2.75) is 19.4 Å². The summed E-state index contributed by atoms with van der Waals surface area (Å²) in [5.41, 5.74) is 1.90. The van der Waals surface area contributed by atoms with Gasteiger partial charge in [0.25, 0.3) is 6.20 Å². The molecular weight excluding hydrogens is 384 g/mol. The molecule has 0 aliphatic carbocycles. The molecule has 0 aliphatic rings. The van der Waals surface area contributed by atoms with Gasteiger partial charge in [0.05, 0.1) is 0 Å². The molecule has 0 spiro atoms. The van der Waals surface area contributed by atoms with E-state index in [1.54, 1.807) is 23.0 Å². The van der Waals surface area contributed by atoms with E-state index < -0.39 is 0 Å². The number of carbonyl (C=O) groups excluding carboxylic acids is 1. The van der Waals surface area contributed by atoms with Gasteiger partial charge in [-0.1, -0.05) is 46.3 Å². The average molecular weight is 402 g/mol. The van der Waals surface area contributed by atoms with Gasteiger partial charge in [0.1, 0.15) is 0 Å². The highest BCUT2D eigenvalue weighted by Gasteiger charge is 2.21. The molecule has 2 N–H and O–H groups in total. The lowest BCUT2D eigenvalue weighted by Gasteiger charge is -2.04. The Kier molecular flexibility index (Phi) is 5.45. The van der Waals surface area contributed by atoms with Crippen LogP contribution in [0.5, 0.6) is 0 Å². The summed E-state index contributed by atoms with van der Waals surface area (Å²) in [5.74, 6) is 0.287. The smallest absolute Gasteiger partial charge is 0.308 e. The van der Waals surface area contributed by atoms with Crippen molar-refractivity contribution in [3.8, 4) is 0 Å². The van der Waals surface area contributed by atoms with Gasteiger partial charge in [-0.3, -0.25) is 9.84 Å². The minimum atomic E-state index is -0.388. The largest absolute Gasteiger partial charge is 0.326 e. The Balaban J connectivity index is 1.57. The molecule has 1 atom stereocenters. The Morgan fingerprint density at radius 1 is 1.16 bits per heavy atom. The summed E-state index contributed by atoms with van der Waals surface area (Å²) in [6.45, 7) is 2.04. The number of hydrogen-bond donors (Lipinski definition) is 2. The SMILES string of the molecule is CC(Cc1ccccc1)[n+]1cc(NC(=O)Nc2ccc(Br)cc2)on1. The predicted octanol–water partition coefficient (Wildman–Crippen LogP) is 4.17. The van der Waals surface area contributed by atoms with Gasteiger partial charge < -0.3 is 5.32 Å². The highest BCUT2D eigenvalue weighted by molar-refractivity contribution is 9.10. The van der Waals surface area contributed by atoms with Crippen molar-refractivity contribution in [3.05, 3.63) is 70.8 Å². The zero-order valence-corrected chi connectivity index (χ0v) is 15.2. The Labute approximate surface area is 153 Å². The molecule has 0 radical (unpaired) electrons. The van der Waals surface area contributed by atoms with Gasteiger partial charge in [-0.15, -0.1) is 0 Å². The molecule has 25 heavy (non-hydrogen) atoms. The average Bonchev–Trinajstić information content (AvgIpc) is 3.06. The van der Waals surface area contributed by atoms with Gasteiger partial charge in [-0.25, -0.2) is 4.79 Å². The fraction of sp³-hybridized carbons (Fsp3) is 0.167. The number of halogens is 1. The maximum absolute atomic E-state index is 12.0. The predicted molar refractivity (Wildman–Crippen MR) is 98.3 cm³/mol. The third kappa shape index (κ3) is 4.90. The number of benzene rings is 2. The Bertz CT molecular complexity index is 834. The quantitative estimate of drug-likeness (QED) is 0.630. The van der Waals surface area contributed by atoms with E-state index in [0.29, 0.717) is 5.69 Å². The van der Waals surface area contributed by atoms with Crippen molar-refractivity contribution in [1.82, 2.24) is 5.27 Å². The summed E-state index contributed by atoms with van der Waals surface area (Å²) in [5, 5.41) is 9.34. The zero-order valence-electron chi connectivity index (χ0n) is 13.6. The maximum Gasteiger partial charge on any atom is 0.326 e. The first-order valence-electron chi connectivity index (χ1n) is 7.86. The number of hydrogen-bond acceptors (Lipinski definition) is 3. The van der Waals surface area contributed by atoms with Crippen LogP contribution in [-0.2, 0) is 6.42 Å². The van der Waals surface area contributed by atoms with Crippen LogP contribution in [0.15, 0.2) is 69.8 Å². The summed E-state index contributed by atoms with van der Waals surface area (Å²) in [6.07, 6.45) is 2.50. The number of carbonyl (C=O) groups is 1. The Morgan fingerprint density at radius 3 is 2.60 bits per heavy atom. The van der Waals surface area contributed by atoms with Crippen LogP contribution in [0, 0.1) is 0 Å². The van der Waals surface area contributed by atoms with Gasteiger partial charge in [0.2, 0.25) is 5.27 Å². The van der Waals surface area contributed by atoms with Crippen molar-refractivity contribution in [1.29, 1.82) is 0 Å². The van der Waals surface area contributed by atoms with E-state index in [9.17, 15) is 4.79 Å². The second-order valence-corrected chi connectivity index (χ2v) is 6.59. The lowest BCUT2D eigenvalue weighted by Crippen LogP contribution is -2.40. The molecule has 0 bridgehead atoms. The fourth-order valence-electron chi connectivity index (χ4n) is 2.38. The molecule has 0 fully saturated rings. The molecule has 128 valence electrons. The molecule has 3 aromatic rings. The number of nitrogens with one attached hydrogen (secondary N) is 2. The van der Waals surface area contributed by atoms with Crippen LogP contribution >= 0.6 is 15.9 Å². The number of anilines is 2. The van der Waals surface area contributed by atoms with E-state index in [4.69, 9.17) is 4.52 Å². The summed E-state index contributed by atoms with van der Waals surface area (Å²) < 4.78 is 7.83. The first-order chi connectivity index (χ1) is 12.1. The minimum absolute atomic E-state index is 0.108. The summed E-state index contributed by atoms with van der Waals surface area (Å²) in [7, 11) is 0. The summed E-state index contributed by atoms with van der Waals surface area (Å²) >= 11 is 3.35. The number of nitrogens with zero attached hydrogens (tertiary/aromatic N) is 2. The lowest BCUT2D eigenvalue weighted by molar-refractivity contribution is -0.782. The maximum atomic E-state index is 12.0. The van der Waals surface area contributed by atoms with Gasteiger partial charge in [0.15, 0.2) is 6.04 Å². The topological polar surface area (TPSA) is 71.0 Å². The molecule has 1 aromatic heterocycles. The zero-order chi connectivity index (χ0) is 17.6. The van der Waals surface area contributed by atoms with E-state index in [0.717, 1.165) is 10.9 Å². The van der Waals surface area contributed by atoms with Crippen LogP contribution in [0.3, 0.4) is 0 Å². The molecule has 7 heteroatoms. The molecule has 6 nitrogen and oxygen atoms in total.